The second kappa shape index (κ2) is 12.1. The Bertz CT molecular complexity index is 682. The molecular weight excluding hydrogens is 489 g/mol. The summed E-state index contributed by atoms with van der Waals surface area (Å²) in [5.41, 5.74) is 2.59. The minimum absolute atomic E-state index is 0. The van der Waals surface area contributed by atoms with E-state index in [2.05, 4.69) is 57.6 Å². The van der Waals surface area contributed by atoms with Gasteiger partial charge in [0.2, 0.25) is 0 Å². The normalized spacial score (nSPS) is 20.3. The first-order valence-electron chi connectivity index (χ1n) is 11.1. The first-order chi connectivity index (χ1) is 14.1. The van der Waals surface area contributed by atoms with Crippen molar-refractivity contribution < 1.29 is 4.74 Å². The summed E-state index contributed by atoms with van der Waals surface area (Å²) in [5, 5.41) is 7.13. The van der Waals surface area contributed by atoms with Gasteiger partial charge in [-0.1, -0.05) is 18.6 Å². The predicted octanol–water partition coefficient (Wildman–Crippen LogP) is 3.24. The molecule has 2 aliphatic rings. The third-order valence-corrected chi connectivity index (χ3v) is 6.64. The highest BCUT2D eigenvalue weighted by atomic mass is 127. The van der Waals surface area contributed by atoms with Gasteiger partial charge in [0.05, 0.1) is 7.11 Å². The van der Waals surface area contributed by atoms with Crippen molar-refractivity contribution in [2.45, 2.75) is 51.1 Å². The molecule has 0 saturated carbocycles. The summed E-state index contributed by atoms with van der Waals surface area (Å²) in [4.78, 5) is 9.69. The number of aryl methyl sites for hydroxylation is 1. The summed E-state index contributed by atoms with van der Waals surface area (Å²) in [7, 11) is 5.82. The Hall–Kier alpha value is -1.06. The van der Waals surface area contributed by atoms with E-state index in [0.717, 1.165) is 23.8 Å². The summed E-state index contributed by atoms with van der Waals surface area (Å²) >= 11 is 0. The van der Waals surface area contributed by atoms with Crippen molar-refractivity contribution in [1.29, 1.82) is 0 Å². The van der Waals surface area contributed by atoms with Crippen LogP contribution in [0.3, 0.4) is 0 Å². The zero-order chi connectivity index (χ0) is 20.7. The Kier molecular flexibility index (Phi) is 10.2. The first kappa shape index (κ1) is 25.2. The van der Waals surface area contributed by atoms with Crippen molar-refractivity contribution in [3.8, 4) is 5.75 Å². The molecule has 2 fully saturated rings. The highest BCUT2D eigenvalue weighted by Gasteiger charge is 2.39. The number of aliphatic imine (C=N–C) groups is 1. The highest BCUT2D eigenvalue weighted by Crippen LogP contribution is 2.30. The summed E-state index contributed by atoms with van der Waals surface area (Å²) in [5.74, 6) is 1.79. The number of hydrogen-bond acceptors (Lipinski definition) is 4. The van der Waals surface area contributed by atoms with E-state index in [1.54, 1.807) is 7.11 Å². The number of nitrogens with zero attached hydrogens (tertiary/aromatic N) is 3. The molecule has 6 nitrogen and oxygen atoms in total. The van der Waals surface area contributed by atoms with E-state index >= 15 is 0 Å². The van der Waals surface area contributed by atoms with Crippen molar-refractivity contribution in [2.75, 3.05) is 53.9 Å². The average Bonchev–Trinajstić information content (AvgIpc) is 2.76. The van der Waals surface area contributed by atoms with Gasteiger partial charge < -0.3 is 20.3 Å². The minimum Gasteiger partial charge on any atom is -0.496 e. The van der Waals surface area contributed by atoms with E-state index in [-0.39, 0.29) is 29.5 Å². The van der Waals surface area contributed by atoms with Gasteiger partial charge in [-0.25, -0.2) is 0 Å². The molecule has 7 heteroatoms. The maximum absolute atomic E-state index is 5.54. The van der Waals surface area contributed by atoms with Gasteiger partial charge in [0, 0.05) is 31.2 Å². The zero-order valence-corrected chi connectivity index (χ0v) is 21.5. The van der Waals surface area contributed by atoms with Gasteiger partial charge in [0.15, 0.2) is 5.96 Å². The Labute approximate surface area is 199 Å². The van der Waals surface area contributed by atoms with E-state index in [1.165, 1.54) is 63.8 Å². The SMILES string of the molecule is CN=C(NCc1ccc(C)cc1OC)NCC1(N2CCCCC2)CCN(C)CC1.I. The highest BCUT2D eigenvalue weighted by molar-refractivity contribution is 14.0. The van der Waals surface area contributed by atoms with Crippen molar-refractivity contribution in [3.63, 3.8) is 0 Å². The molecule has 0 spiro atoms. The molecule has 0 aliphatic carbocycles. The number of rotatable bonds is 6. The second-order valence-corrected chi connectivity index (χ2v) is 8.67. The number of methoxy groups -OCH3 is 1. The molecule has 2 heterocycles. The Balaban J connectivity index is 0.00000320. The molecule has 2 N–H and O–H groups in total. The van der Waals surface area contributed by atoms with Crippen LogP contribution in [0.15, 0.2) is 23.2 Å². The van der Waals surface area contributed by atoms with Gasteiger partial charge in [-0.3, -0.25) is 9.89 Å². The van der Waals surface area contributed by atoms with Crippen LogP contribution >= 0.6 is 24.0 Å². The van der Waals surface area contributed by atoms with Gasteiger partial charge in [-0.15, -0.1) is 24.0 Å². The van der Waals surface area contributed by atoms with Crippen molar-refractivity contribution in [3.05, 3.63) is 29.3 Å². The largest absolute Gasteiger partial charge is 0.496 e. The molecule has 2 saturated heterocycles. The van der Waals surface area contributed by atoms with Crippen molar-refractivity contribution in [1.82, 2.24) is 20.4 Å². The third kappa shape index (κ3) is 6.47. The van der Waals surface area contributed by atoms with Gasteiger partial charge in [0.25, 0.3) is 0 Å². The van der Waals surface area contributed by atoms with Gasteiger partial charge in [-0.05, 0) is 77.5 Å². The second-order valence-electron chi connectivity index (χ2n) is 8.67. The lowest BCUT2D eigenvalue weighted by Crippen LogP contribution is -2.62. The molecule has 0 radical (unpaired) electrons. The Morgan fingerprint density at radius 1 is 1.10 bits per heavy atom. The number of ether oxygens (including phenoxy) is 1. The maximum atomic E-state index is 5.54. The lowest BCUT2D eigenvalue weighted by Gasteiger charge is -2.50. The van der Waals surface area contributed by atoms with Gasteiger partial charge in [0.1, 0.15) is 5.75 Å². The van der Waals surface area contributed by atoms with Crippen LogP contribution in [0.25, 0.3) is 0 Å². The molecule has 0 bridgehead atoms. The van der Waals surface area contributed by atoms with Crippen molar-refractivity contribution in [2.24, 2.45) is 4.99 Å². The minimum atomic E-state index is 0. The zero-order valence-electron chi connectivity index (χ0n) is 19.2. The van der Waals surface area contributed by atoms with Crippen LogP contribution in [0.5, 0.6) is 5.75 Å². The van der Waals surface area contributed by atoms with Gasteiger partial charge in [-0.2, -0.15) is 0 Å². The van der Waals surface area contributed by atoms with Crippen LogP contribution in [0, 0.1) is 6.92 Å². The lowest BCUT2D eigenvalue weighted by atomic mass is 9.84. The van der Waals surface area contributed by atoms with Crippen LogP contribution in [0.4, 0.5) is 0 Å². The van der Waals surface area contributed by atoms with E-state index in [4.69, 9.17) is 4.74 Å². The molecule has 2 aliphatic heterocycles. The van der Waals surface area contributed by atoms with E-state index < -0.39 is 0 Å². The summed E-state index contributed by atoms with van der Waals surface area (Å²) in [6, 6.07) is 6.33. The summed E-state index contributed by atoms with van der Waals surface area (Å²) < 4.78 is 5.54. The molecular formula is C23H40IN5O. The lowest BCUT2D eigenvalue weighted by molar-refractivity contribution is 0.0173. The molecule has 30 heavy (non-hydrogen) atoms. The molecule has 1 aromatic rings. The fraction of sp³-hybridized carbons (Fsp3) is 0.696. The van der Waals surface area contributed by atoms with E-state index in [1.807, 2.05) is 7.05 Å². The molecule has 3 rings (SSSR count). The van der Waals surface area contributed by atoms with Crippen molar-refractivity contribution >= 4 is 29.9 Å². The number of likely N-dealkylation sites (tertiary alicyclic amines) is 2. The standard InChI is InChI=1S/C23H39N5O.HI/c1-19-8-9-20(21(16-19)29-4)17-25-22(24-2)26-18-23(10-14-27(3)15-11-23)28-12-6-5-7-13-28;/h8-9,16H,5-7,10-15,17-18H2,1-4H3,(H2,24,25,26);1H. The number of benzene rings is 1. The van der Waals surface area contributed by atoms with E-state index in [9.17, 15) is 0 Å². The third-order valence-electron chi connectivity index (χ3n) is 6.64. The smallest absolute Gasteiger partial charge is 0.191 e. The molecule has 1 aromatic carbocycles. The first-order valence-corrected chi connectivity index (χ1v) is 11.1. The number of nitrogens with one attached hydrogen (secondary N) is 2. The number of piperidine rings is 2. The topological polar surface area (TPSA) is 52.1 Å². The van der Waals surface area contributed by atoms with Crippen LogP contribution in [0.1, 0.15) is 43.2 Å². The fourth-order valence-corrected chi connectivity index (χ4v) is 4.65. The molecule has 170 valence electrons. The summed E-state index contributed by atoms with van der Waals surface area (Å²) in [6.07, 6.45) is 6.48. The summed E-state index contributed by atoms with van der Waals surface area (Å²) in [6.45, 7) is 8.54. The average molecular weight is 530 g/mol. The fourth-order valence-electron chi connectivity index (χ4n) is 4.65. The molecule has 0 atom stereocenters. The number of halogens is 1. The van der Waals surface area contributed by atoms with Crippen LogP contribution < -0.4 is 15.4 Å². The monoisotopic (exact) mass is 529 g/mol. The molecule has 0 unspecified atom stereocenters. The quantitative estimate of drug-likeness (QED) is 0.337. The predicted molar refractivity (Wildman–Crippen MR) is 136 cm³/mol. The Morgan fingerprint density at radius 3 is 2.43 bits per heavy atom. The molecule has 0 amide bonds. The maximum Gasteiger partial charge on any atom is 0.191 e. The number of hydrogen-bond donors (Lipinski definition) is 2. The van der Waals surface area contributed by atoms with Gasteiger partial charge >= 0.3 is 0 Å². The molecule has 0 aromatic heterocycles. The van der Waals surface area contributed by atoms with Crippen LogP contribution in [0.2, 0.25) is 0 Å². The number of guanidine groups is 1. The Morgan fingerprint density at radius 2 is 1.80 bits per heavy atom. The van der Waals surface area contributed by atoms with Crippen LogP contribution in [-0.2, 0) is 6.54 Å². The van der Waals surface area contributed by atoms with Crippen LogP contribution in [-0.4, -0.2) is 75.2 Å². The van der Waals surface area contributed by atoms with E-state index in [0.29, 0.717) is 6.54 Å².